The van der Waals surface area contributed by atoms with Crippen molar-refractivity contribution in [2.24, 2.45) is 5.16 Å². The summed E-state index contributed by atoms with van der Waals surface area (Å²) in [6.07, 6.45) is -17.5. The average molecular weight is 619 g/mol. The SMILES string of the molecule is O=C(NCc1ccc(C2=NOC(c3cc(Cl)cc(C(F)(F)F)c3)(C(F)(F)F)C2)c2ccccc12)C(F)(F)C(F)(F)F. The van der Waals surface area contributed by atoms with Crippen molar-refractivity contribution in [3.63, 3.8) is 0 Å². The Bertz CT molecular complexity index is 1530. The Morgan fingerprint density at radius 1 is 0.902 bits per heavy atom. The molecule has 1 aliphatic rings. The van der Waals surface area contributed by atoms with Gasteiger partial charge in [0.15, 0.2) is 0 Å². The van der Waals surface area contributed by atoms with Crippen LogP contribution in [0.15, 0.2) is 59.8 Å². The molecule has 0 spiro atoms. The van der Waals surface area contributed by atoms with Gasteiger partial charge in [0.2, 0.25) is 0 Å². The molecule has 1 N–H and O–H groups in total. The summed E-state index contributed by atoms with van der Waals surface area (Å²) in [6.45, 7) is -0.802. The number of hydrogen-bond donors (Lipinski definition) is 1. The molecule has 1 heterocycles. The zero-order chi connectivity index (χ0) is 30.6. The number of nitrogens with one attached hydrogen (secondary N) is 1. The predicted octanol–water partition coefficient (Wildman–Crippen LogP) is 7.91. The maximum Gasteiger partial charge on any atom is 0.463 e. The van der Waals surface area contributed by atoms with Crippen LogP contribution < -0.4 is 5.32 Å². The zero-order valence-electron chi connectivity index (χ0n) is 19.9. The summed E-state index contributed by atoms with van der Waals surface area (Å²) in [6, 6.07) is 9.29. The molecular weight excluding hydrogens is 605 g/mol. The Morgan fingerprint density at radius 3 is 2.12 bits per heavy atom. The van der Waals surface area contributed by atoms with Gasteiger partial charge in [-0.05, 0) is 34.5 Å². The summed E-state index contributed by atoms with van der Waals surface area (Å²) in [7, 11) is 0. The van der Waals surface area contributed by atoms with Crippen LogP contribution in [0.25, 0.3) is 10.8 Å². The fourth-order valence-electron chi connectivity index (χ4n) is 4.22. The number of carbonyl (C=O) groups is 1. The molecule has 0 radical (unpaired) electrons. The molecule has 4 rings (SSSR count). The largest absolute Gasteiger partial charge is 0.463 e. The van der Waals surface area contributed by atoms with Gasteiger partial charge in [-0.15, -0.1) is 0 Å². The smallest absolute Gasteiger partial charge is 0.374 e. The van der Waals surface area contributed by atoms with Crippen molar-refractivity contribution in [3.8, 4) is 0 Å². The van der Waals surface area contributed by atoms with Crippen LogP contribution in [-0.4, -0.2) is 29.9 Å². The van der Waals surface area contributed by atoms with Crippen LogP contribution in [0.3, 0.4) is 0 Å². The summed E-state index contributed by atoms with van der Waals surface area (Å²) >= 11 is 5.70. The quantitative estimate of drug-likeness (QED) is 0.296. The van der Waals surface area contributed by atoms with Crippen LogP contribution in [0.2, 0.25) is 5.02 Å². The van der Waals surface area contributed by atoms with E-state index in [-0.39, 0.29) is 33.7 Å². The highest BCUT2D eigenvalue weighted by molar-refractivity contribution is 6.30. The van der Waals surface area contributed by atoms with Gasteiger partial charge in [-0.3, -0.25) is 4.79 Å². The Hall–Kier alpha value is -3.62. The average Bonchev–Trinajstić information content (AvgIpc) is 3.32. The van der Waals surface area contributed by atoms with Crippen molar-refractivity contribution in [3.05, 3.63) is 81.9 Å². The number of rotatable bonds is 5. The molecule has 41 heavy (non-hydrogen) atoms. The van der Waals surface area contributed by atoms with Crippen LogP contribution in [-0.2, 0) is 28.0 Å². The molecule has 0 saturated carbocycles. The topological polar surface area (TPSA) is 50.7 Å². The van der Waals surface area contributed by atoms with Crippen LogP contribution >= 0.6 is 11.6 Å². The van der Waals surface area contributed by atoms with E-state index in [1.165, 1.54) is 35.6 Å². The molecule has 0 bridgehead atoms. The Balaban J connectivity index is 1.71. The molecule has 1 aliphatic heterocycles. The van der Waals surface area contributed by atoms with Gasteiger partial charge >= 0.3 is 30.4 Å². The Kier molecular flexibility index (Phi) is 7.42. The monoisotopic (exact) mass is 618 g/mol. The molecular formula is C25H14ClF11N2O2. The molecule has 3 aromatic carbocycles. The van der Waals surface area contributed by atoms with Crippen LogP contribution in [0.4, 0.5) is 48.3 Å². The molecule has 0 fully saturated rings. The minimum Gasteiger partial charge on any atom is -0.374 e. The number of alkyl halides is 11. The first-order chi connectivity index (χ1) is 18.8. The van der Waals surface area contributed by atoms with Crippen molar-refractivity contribution in [2.75, 3.05) is 0 Å². The molecule has 1 unspecified atom stereocenters. The molecule has 0 aromatic heterocycles. The molecule has 0 aliphatic carbocycles. The fraction of sp³-hybridized carbons (Fsp3) is 0.280. The van der Waals surface area contributed by atoms with Gasteiger partial charge in [0.1, 0.15) is 0 Å². The third-order valence-electron chi connectivity index (χ3n) is 6.28. The third-order valence-corrected chi connectivity index (χ3v) is 6.50. The van der Waals surface area contributed by atoms with E-state index in [1.54, 1.807) is 0 Å². The van der Waals surface area contributed by atoms with Crippen LogP contribution in [0, 0.1) is 0 Å². The van der Waals surface area contributed by atoms with Gasteiger partial charge < -0.3 is 10.2 Å². The molecule has 4 nitrogen and oxygen atoms in total. The number of fused-ring (bicyclic) bond motifs is 1. The van der Waals surface area contributed by atoms with Gasteiger partial charge in [-0.2, -0.15) is 48.3 Å². The van der Waals surface area contributed by atoms with E-state index in [1.807, 2.05) is 0 Å². The first-order valence-corrected chi connectivity index (χ1v) is 11.6. The maximum absolute atomic E-state index is 14.4. The van der Waals surface area contributed by atoms with E-state index < -0.39 is 65.1 Å². The van der Waals surface area contributed by atoms with E-state index in [0.29, 0.717) is 12.1 Å². The number of oxime groups is 1. The Morgan fingerprint density at radius 2 is 1.54 bits per heavy atom. The van der Waals surface area contributed by atoms with Gasteiger partial charge in [-0.1, -0.05) is 53.2 Å². The van der Waals surface area contributed by atoms with Crippen molar-refractivity contribution >= 4 is 34.0 Å². The van der Waals surface area contributed by atoms with E-state index in [0.717, 1.165) is 6.07 Å². The lowest BCUT2D eigenvalue weighted by molar-refractivity contribution is -0.276. The lowest BCUT2D eigenvalue weighted by Gasteiger charge is -2.30. The van der Waals surface area contributed by atoms with Crippen molar-refractivity contribution in [2.45, 2.75) is 43.0 Å². The van der Waals surface area contributed by atoms with Gasteiger partial charge in [0, 0.05) is 29.1 Å². The molecule has 1 amide bonds. The molecule has 220 valence electrons. The highest BCUT2D eigenvalue weighted by Gasteiger charge is 2.64. The van der Waals surface area contributed by atoms with E-state index in [4.69, 9.17) is 16.4 Å². The third kappa shape index (κ3) is 5.51. The van der Waals surface area contributed by atoms with E-state index in [2.05, 4.69) is 5.16 Å². The molecule has 3 aromatic rings. The molecule has 16 heteroatoms. The summed E-state index contributed by atoms with van der Waals surface area (Å²) in [5.41, 5.74) is -6.09. The standard InChI is InChI=1S/C25H14ClF11N2O2/c26-15-8-13(7-14(9-15)23(29,30)31)21(24(32,33)34)10-19(39-41-21)18-6-5-12(16-3-1-2-4-17(16)18)11-38-20(40)22(27,28)25(35,36)37/h1-9H,10-11H2,(H,38,40). The second kappa shape index (κ2) is 10.0. The lowest BCUT2D eigenvalue weighted by atomic mass is 9.84. The first-order valence-electron chi connectivity index (χ1n) is 11.2. The second-order valence-electron chi connectivity index (χ2n) is 8.93. The fourth-order valence-corrected chi connectivity index (χ4v) is 4.45. The summed E-state index contributed by atoms with van der Waals surface area (Å²) < 4.78 is 147. The number of benzene rings is 3. The van der Waals surface area contributed by atoms with Crippen LogP contribution in [0.5, 0.6) is 0 Å². The normalized spacial score (nSPS) is 18.3. The number of amides is 1. The summed E-state index contributed by atoms with van der Waals surface area (Å²) in [5.74, 6) is -8.28. The van der Waals surface area contributed by atoms with Gasteiger partial charge in [-0.25, -0.2) is 0 Å². The minimum absolute atomic E-state index is 0.000459. The minimum atomic E-state index is -6.14. The Labute approximate surface area is 227 Å². The van der Waals surface area contributed by atoms with Gasteiger partial charge in [0.05, 0.1) is 11.3 Å². The van der Waals surface area contributed by atoms with Crippen molar-refractivity contribution in [1.82, 2.24) is 5.32 Å². The highest BCUT2D eigenvalue weighted by Crippen LogP contribution is 2.50. The number of hydrogen-bond acceptors (Lipinski definition) is 3. The molecule has 1 atom stereocenters. The second-order valence-corrected chi connectivity index (χ2v) is 9.37. The van der Waals surface area contributed by atoms with Crippen LogP contribution in [0.1, 0.15) is 28.7 Å². The first kappa shape index (κ1) is 30.3. The van der Waals surface area contributed by atoms with E-state index in [9.17, 15) is 53.1 Å². The summed E-state index contributed by atoms with van der Waals surface area (Å²) in [4.78, 5) is 16.3. The van der Waals surface area contributed by atoms with E-state index >= 15 is 0 Å². The van der Waals surface area contributed by atoms with Gasteiger partial charge in [0.25, 0.3) is 5.60 Å². The number of nitrogens with zero attached hydrogens (tertiary/aromatic N) is 1. The van der Waals surface area contributed by atoms with Crippen molar-refractivity contribution in [1.29, 1.82) is 0 Å². The molecule has 0 saturated heterocycles. The summed E-state index contributed by atoms with van der Waals surface area (Å²) in [5, 5.41) is 4.66. The number of carbonyl (C=O) groups excluding carboxylic acids is 1. The maximum atomic E-state index is 14.4. The predicted molar refractivity (Wildman–Crippen MR) is 123 cm³/mol. The zero-order valence-corrected chi connectivity index (χ0v) is 20.7. The van der Waals surface area contributed by atoms with Crippen molar-refractivity contribution < 1.29 is 57.9 Å². The number of halogens is 12. The lowest BCUT2D eigenvalue weighted by Crippen LogP contribution is -2.50. The highest BCUT2D eigenvalue weighted by atomic mass is 35.5.